The summed E-state index contributed by atoms with van der Waals surface area (Å²) in [7, 11) is 0. The number of benzene rings is 8. The molecule has 3 aromatic heterocycles. The Balaban J connectivity index is 1.03. The zero-order valence-electron chi connectivity index (χ0n) is 32.0. The summed E-state index contributed by atoms with van der Waals surface area (Å²) in [6.07, 6.45) is 0. The second-order valence-electron chi connectivity index (χ2n) is 15.5. The fourth-order valence-electron chi connectivity index (χ4n) is 9.60. The van der Waals surface area contributed by atoms with Crippen molar-refractivity contribution in [3.8, 4) is 44.9 Å². The van der Waals surface area contributed by atoms with Gasteiger partial charge in [-0.15, -0.1) is 0 Å². The van der Waals surface area contributed by atoms with Crippen LogP contribution in [0.5, 0.6) is 0 Å². The summed E-state index contributed by atoms with van der Waals surface area (Å²) in [5.41, 5.74) is 15.9. The van der Waals surface area contributed by atoms with E-state index in [0.29, 0.717) is 0 Å². The topological polar surface area (TPSA) is 38.7 Å². The highest BCUT2D eigenvalue weighted by molar-refractivity contribution is 6.13. The molecule has 3 heteroatoms. The molecule has 0 saturated heterocycles. The highest BCUT2D eigenvalue weighted by Gasteiger charge is 2.46. The van der Waals surface area contributed by atoms with E-state index < -0.39 is 5.41 Å². The Kier molecular flexibility index (Phi) is 7.45. The number of aromatic nitrogens is 3. The molecule has 0 bridgehead atoms. The first-order chi connectivity index (χ1) is 29.2. The molecule has 0 amide bonds. The lowest BCUT2D eigenvalue weighted by molar-refractivity contribution is 0.769. The van der Waals surface area contributed by atoms with Crippen LogP contribution in [0.2, 0.25) is 0 Å². The second kappa shape index (κ2) is 13.2. The van der Waals surface area contributed by atoms with Gasteiger partial charge in [-0.3, -0.25) is 0 Å². The van der Waals surface area contributed by atoms with Crippen LogP contribution in [0.4, 0.5) is 0 Å². The molecule has 11 aromatic rings. The van der Waals surface area contributed by atoms with Crippen LogP contribution in [0.15, 0.2) is 212 Å². The van der Waals surface area contributed by atoms with Gasteiger partial charge in [-0.2, -0.15) is 0 Å². The average Bonchev–Trinajstić information content (AvgIpc) is 3.61. The van der Waals surface area contributed by atoms with Gasteiger partial charge in [-0.1, -0.05) is 182 Å². The van der Waals surface area contributed by atoms with Gasteiger partial charge in [0.2, 0.25) is 0 Å². The molecule has 0 unspecified atom stereocenters. The van der Waals surface area contributed by atoms with E-state index >= 15 is 0 Å². The molecule has 3 heterocycles. The van der Waals surface area contributed by atoms with E-state index in [1.54, 1.807) is 0 Å². The standard InChI is InChI=1S/C56H35N3/c1-4-14-36(15-5-1)50-32-30-39-28-29-40-31-33-51(58-55(40)54(39)57-50)37-24-26-38(27-25-37)53-47-34-46-43-20-10-12-22-48(43)56(41-16-6-2-7-17-41,42-18-8-3-9-19-42)49(46)35-45(47)44-21-11-13-23-52(44)59-53/h1-35H. The fourth-order valence-corrected chi connectivity index (χ4v) is 9.60. The van der Waals surface area contributed by atoms with Crippen molar-refractivity contribution >= 4 is 43.5 Å². The van der Waals surface area contributed by atoms with Crippen LogP contribution in [0.3, 0.4) is 0 Å². The summed E-state index contributed by atoms with van der Waals surface area (Å²) in [6, 6.07) is 76.3. The maximum Gasteiger partial charge on any atom is 0.0972 e. The molecule has 0 fully saturated rings. The fraction of sp³-hybridized carbons (Fsp3) is 0.0179. The van der Waals surface area contributed by atoms with Crippen molar-refractivity contribution in [2.45, 2.75) is 5.41 Å². The van der Waals surface area contributed by atoms with Crippen LogP contribution >= 0.6 is 0 Å². The molecule has 8 aromatic carbocycles. The predicted octanol–water partition coefficient (Wildman–Crippen LogP) is 13.8. The van der Waals surface area contributed by atoms with Crippen LogP contribution in [-0.4, -0.2) is 15.0 Å². The molecule has 1 aliphatic rings. The number of pyridine rings is 3. The van der Waals surface area contributed by atoms with Crippen molar-refractivity contribution in [2.24, 2.45) is 0 Å². The molecule has 59 heavy (non-hydrogen) atoms. The summed E-state index contributed by atoms with van der Waals surface area (Å²) < 4.78 is 0. The molecule has 1 aliphatic carbocycles. The van der Waals surface area contributed by atoms with Gasteiger partial charge in [-0.25, -0.2) is 15.0 Å². The Morgan fingerprint density at radius 1 is 0.322 bits per heavy atom. The molecular weight excluding hydrogens is 715 g/mol. The maximum absolute atomic E-state index is 5.39. The van der Waals surface area contributed by atoms with Crippen LogP contribution in [0, 0.1) is 0 Å². The van der Waals surface area contributed by atoms with E-state index in [-0.39, 0.29) is 0 Å². The van der Waals surface area contributed by atoms with Gasteiger partial charge in [0, 0.05) is 38.2 Å². The van der Waals surface area contributed by atoms with E-state index in [1.165, 1.54) is 38.8 Å². The van der Waals surface area contributed by atoms with Crippen LogP contribution in [0.25, 0.3) is 88.4 Å². The molecule has 0 spiro atoms. The quantitative estimate of drug-likeness (QED) is 0.165. The van der Waals surface area contributed by atoms with Gasteiger partial charge in [0.15, 0.2) is 0 Å². The van der Waals surface area contributed by atoms with Crippen LogP contribution in [-0.2, 0) is 5.41 Å². The van der Waals surface area contributed by atoms with Gasteiger partial charge in [0.1, 0.15) is 0 Å². The minimum Gasteiger partial charge on any atom is -0.247 e. The van der Waals surface area contributed by atoms with Gasteiger partial charge >= 0.3 is 0 Å². The lowest BCUT2D eigenvalue weighted by atomic mass is 9.67. The summed E-state index contributed by atoms with van der Waals surface area (Å²) in [6.45, 7) is 0. The summed E-state index contributed by atoms with van der Waals surface area (Å²) >= 11 is 0. The maximum atomic E-state index is 5.39. The Hall–Kier alpha value is -7.75. The number of rotatable bonds is 5. The Bertz CT molecular complexity index is 3370. The molecule has 274 valence electrons. The molecule has 12 rings (SSSR count). The molecule has 0 aliphatic heterocycles. The van der Waals surface area contributed by atoms with Crippen molar-refractivity contribution in [1.82, 2.24) is 15.0 Å². The Labute approximate surface area is 342 Å². The molecule has 0 N–H and O–H groups in total. The number of hydrogen-bond donors (Lipinski definition) is 0. The normalized spacial score (nSPS) is 12.9. The lowest BCUT2D eigenvalue weighted by Crippen LogP contribution is -2.28. The van der Waals surface area contributed by atoms with Crippen molar-refractivity contribution in [3.63, 3.8) is 0 Å². The zero-order chi connectivity index (χ0) is 38.9. The Morgan fingerprint density at radius 3 is 1.51 bits per heavy atom. The SMILES string of the molecule is c1ccc(-c2ccc3ccc4ccc(-c5ccc(-c6nc7ccccc7c7cc8c(cc67)-c6ccccc6C8(c6ccccc6)c6ccccc6)cc5)nc4c3n2)cc1. The van der Waals surface area contributed by atoms with E-state index in [9.17, 15) is 0 Å². The van der Waals surface area contributed by atoms with E-state index in [1.807, 2.05) is 6.07 Å². The van der Waals surface area contributed by atoms with Crippen molar-refractivity contribution < 1.29 is 0 Å². The molecule has 3 nitrogen and oxygen atoms in total. The van der Waals surface area contributed by atoms with Crippen molar-refractivity contribution in [1.29, 1.82) is 0 Å². The van der Waals surface area contributed by atoms with Gasteiger partial charge in [-0.05, 0) is 69.1 Å². The Morgan fingerprint density at radius 2 is 0.847 bits per heavy atom. The number of fused-ring (bicyclic) bond motifs is 9. The third-order valence-corrected chi connectivity index (χ3v) is 12.3. The highest BCUT2D eigenvalue weighted by Crippen LogP contribution is 2.57. The molecule has 0 radical (unpaired) electrons. The van der Waals surface area contributed by atoms with Crippen LogP contribution in [0.1, 0.15) is 22.3 Å². The van der Waals surface area contributed by atoms with E-state index in [4.69, 9.17) is 15.0 Å². The highest BCUT2D eigenvalue weighted by atomic mass is 14.8. The lowest BCUT2D eigenvalue weighted by Gasteiger charge is -2.34. The monoisotopic (exact) mass is 749 g/mol. The minimum absolute atomic E-state index is 0.481. The van der Waals surface area contributed by atoms with E-state index in [2.05, 4.69) is 206 Å². The van der Waals surface area contributed by atoms with Gasteiger partial charge < -0.3 is 0 Å². The average molecular weight is 750 g/mol. The van der Waals surface area contributed by atoms with Crippen LogP contribution < -0.4 is 0 Å². The first-order valence-corrected chi connectivity index (χ1v) is 20.2. The predicted molar refractivity (Wildman–Crippen MR) is 243 cm³/mol. The van der Waals surface area contributed by atoms with Gasteiger partial charge in [0.05, 0.1) is 39.0 Å². The largest absolute Gasteiger partial charge is 0.247 e. The zero-order valence-corrected chi connectivity index (χ0v) is 32.0. The molecule has 0 atom stereocenters. The summed E-state index contributed by atoms with van der Waals surface area (Å²) in [5.74, 6) is 0. The second-order valence-corrected chi connectivity index (χ2v) is 15.5. The van der Waals surface area contributed by atoms with E-state index in [0.717, 1.165) is 71.9 Å². The molecular formula is C56H35N3. The smallest absolute Gasteiger partial charge is 0.0972 e. The summed E-state index contributed by atoms with van der Waals surface area (Å²) in [5, 5.41) is 5.62. The van der Waals surface area contributed by atoms with Gasteiger partial charge in [0.25, 0.3) is 0 Å². The van der Waals surface area contributed by atoms with Crippen molar-refractivity contribution in [3.05, 3.63) is 235 Å². The number of nitrogens with zero attached hydrogens (tertiary/aromatic N) is 3. The summed E-state index contributed by atoms with van der Waals surface area (Å²) in [4.78, 5) is 15.8. The van der Waals surface area contributed by atoms with Crippen molar-refractivity contribution in [2.75, 3.05) is 0 Å². The molecule has 0 saturated carbocycles. The first-order valence-electron chi connectivity index (χ1n) is 20.2. The number of hydrogen-bond acceptors (Lipinski definition) is 3. The first kappa shape index (κ1) is 33.4. The third-order valence-electron chi connectivity index (χ3n) is 12.3. The number of para-hydroxylation sites is 1. The minimum atomic E-state index is -0.481. The third kappa shape index (κ3) is 5.11.